The predicted molar refractivity (Wildman–Crippen MR) is 43.2 cm³/mol. The molecule has 0 saturated carbocycles. The van der Waals surface area contributed by atoms with Gasteiger partial charge in [0.2, 0.25) is 5.91 Å². The summed E-state index contributed by atoms with van der Waals surface area (Å²) in [6.45, 7) is 2.57. The van der Waals surface area contributed by atoms with Gasteiger partial charge in [0.25, 0.3) is 0 Å². The number of rotatable bonds is 5. The van der Waals surface area contributed by atoms with Gasteiger partial charge in [0.1, 0.15) is 0 Å². The lowest BCUT2D eigenvalue weighted by Crippen LogP contribution is -2.38. The average molecular weight is 160 g/mol. The number of ether oxygens (including phenoxy) is 1. The fourth-order valence-corrected chi connectivity index (χ4v) is 0.887. The van der Waals surface area contributed by atoms with Gasteiger partial charge in [0, 0.05) is 14.0 Å². The van der Waals surface area contributed by atoms with Gasteiger partial charge in [0.05, 0.1) is 12.6 Å². The van der Waals surface area contributed by atoms with E-state index >= 15 is 0 Å². The monoisotopic (exact) mass is 160 g/mol. The number of nitrogens with one attached hydrogen (secondary N) is 1. The van der Waals surface area contributed by atoms with Crippen LogP contribution >= 0.6 is 0 Å². The molecule has 1 unspecified atom stereocenters. The molecule has 0 aliphatic carbocycles. The maximum atomic E-state index is 10.6. The van der Waals surface area contributed by atoms with E-state index < -0.39 is 0 Å². The minimum absolute atomic E-state index is 0.0412. The third kappa shape index (κ3) is 5.82. The van der Waals surface area contributed by atoms with Crippen molar-refractivity contribution < 1.29 is 9.53 Å². The van der Waals surface area contributed by atoms with Crippen molar-refractivity contribution in [3.8, 4) is 0 Å². The largest absolute Gasteiger partial charge is 0.383 e. The van der Waals surface area contributed by atoms with Crippen LogP contribution in [0.4, 0.5) is 0 Å². The highest BCUT2D eigenvalue weighted by Gasteiger charge is 2.07. The summed E-state index contributed by atoms with van der Waals surface area (Å²) in [6.07, 6.45) is 0.757. The number of hydrogen-bond acceptors (Lipinski definition) is 3. The molecule has 3 N–H and O–H groups in total. The van der Waals surface area contributed by atoms with Crippen molar-refractivity contribution in [2.24, 2.45) is 5.73 Å². The summed E-state index contributed by atoms with van der Waals surface area (Å²) in [5.74, 6) is -0.0412. The SMILES string of the molecule is COCC(CCN)NC(C)=O. The Labute approximate surface area is 67.1 Å². The maximum absolute atomic E-state index is 10.6. The van der Waals surface area contributed by atoms with Crippen LogP contribution in [0.15, 0.2) is 0 Å². The van der Waals surface area contributed by atoms with Gasteiger partial charge in [0.15, 0.2) is 0 Å². The van der Waals surface area contributed by atoms with Crippen molar-refractivity contribution in [3.63, 3.8) is 0 Å². The normalized spacial score (nSPS) is 12.6. The molecule has 0 aromatic heterocycles. The Morgan fingerprint density at radius 1 is 1.73 bits per heavy atom. The number of hydrogen-bond donors (Lipinski definition) is 2. The second-order valence-electron chi connectivity index (χ2n) is 2.43. The van der Waals surface area contributed by atoms with Gasteiger partial charge >= 0.3 is 0 Å². The Bertz CT molecular complexity index is 111. The first-order valence-electron chi connectivity index (χ1n) is 3.66. The van der Waals surface area contributed by atoms with Crippen LogP contribution in [0.1, 0.15) is 13.3 Å². The fourth-order valence-electron chi connectivity index (χ4n) is 0.887. The summed E-state index contributed by atoms with van der Waals surface area (Å²) in [7, 11) is 1.60. The van der Waals surface area contributed by atoms with E-state index in [0.717, 1.165) is 6.42 Å². The third-order valence-electron chi connectivity index (χ3n) is 1.29. The van der Waals surface area contributed by atoms with E-state index in [9.17, 15) is 4.79 Å². The molecular weight excluding hydrogens is 144 g/mol. The molecule has 0 fully saturated rings. The van der Waals surface area contributed by atoms with Crippen LogP contribution < -0.4 is 11.1 Å². The zero-order valence-corrected chi connectivity index (χ0v) is 7.09. The van der Waals surface area contributed by atoms with Gasteiger partial charge in [-0.15, -0.1) is 0 Å². The Morgan fingerprint density at radius 2 is 2.36 bits per heavy atom. The van der Waals surface area contributed by atoms with Crippen LogP contribution in [0.3, 0.4) is 0 Å². The van der Waals surface area contributed by atoms with Crippen molar-refractivity contribution in [2.75, 3.05) is 20.3 Å². The molecule has 66 valence electrons. The Balaban J connectivity index is 3.59. The van der Waals surface area contributed by atoms with Crippen LogP contribution in [0.2, 0.25) is 0 Å². The quantitative estimate of drug-likeness (QED) is 0.569. The summed E-state index contributed by atoms with van der Waals surface area (Å²) in [5.41, 5.74) is 5.33. The molecule has 0 radical (unpaired) electrons. The Hall–Kier alpha value is -0.610. The minimum Gasteiger partial charge on any atom is -0.383 e. The Kier molecular flexibility index (Phi) is 5.78. The van der Waals surface area contributed by atoms with E-state index in [1.165, 1.54) is 6.92 Å². The maximum Gasteiger partial charge on any atom is 0.217 e. The van der Waals surface area contributed by atoms with Crippen molar-refractivity contribution in [1.29, 1.82) is 0 Å². The molecule has 4 heteroatoms. The van der Waals surface area contributed by atoms with E-state index in [1.54, 1.807) is 7.11 Å². The summed E-state index contributed by atoms with van der Waals surface area (Å²) < 4.78 is 4.89. The summed E-state index contributed by atoms with van der Waals surface area (Å²) in [6, 6.07) is 0.0579. The number of carbonyl (C=O) groups excluding carboxylic acids is 1. The number of amides is 1. The standard InChI is InChI=1S/C7H16N2O2/c1-6(10)9-7(3-4-8)5-11-2/h7H,3-5,8H2,1-2H3,(H,9,10). The summed E-state index contributed by atoms with van der Waals surface area (Å²) in [5, 5.41) is 2.74. The van der Waals surface area contributed by atoms with Crippen LogP contribution in [-0.4, -0.2) is 32.2 Å². The second-order valence-corrected chi connectivity index (χ2v) is 2.43. The highest BCUT2D eigenvalue weighted by atomic mass is 16.5. The van der Waals surface area contributed by atoms with Crippen molar-refractivity contribution in [2.45, 2.75) is 19.4 Å². The van der Waals surface area contributed by atoms with Gasteiger partial charge in [-0.25, -0.2) is 0 Å². The predicted octanol–water partition coefficient (Wildman–Crippen LogP) is -0.514. The zero-order chi connectivity index (χ0) is 8.69. The van der Waals surface area contributed by atoms with Gasteiger partial charge in [-0.3, -0.25) is 4.79 Å². The van der Waals surface area contributed by atoms with E-state index in [2.05, 4.69) is 5.32 Å². The topological polar surface area (TPSA) is 64.3 Å². The second kappa shape index (κ2) is 6.12. The van der Waals surface area contributed by atoms with Crippen LogP contribution in [-0.2, 0) is 9.53 Å². The first-order valence-corrected chi connectivity index (χ1v) is 3.66. The molecular formula is C7H16N2O2. The van der Waals surface area contributed by atoms with Crippen molar-refractivity contribution in [1.82, 2.24) is 5.32 Å². The van der Waals surface area contributed by atoms with Gasteiger partial charge in [-0.05, 0) is 13.0 Å². The summed E-state index contributed by atoms with van der Waals surface area (Å²) in [4.78, 5) is 10.6. The van der Waals surface area contributed by atoms with Crippen molar-refractivity contribution in [3.05, 3.63) is 0 Å². The van der Waals surface area contributed by atoms with E-state index in [4.69, 9.17) is 10.5 Å². The number of carbonyl (C=O) groups is 1. The molecule has 0 aromatic carbocycles. The lowest BCUT2D eigenvalue weighted by molar-refractivity contribution is -0.120. The lowest BCUT2D eigenvalue weighted by Gasteiger charge is -2.15. The molecule has 4 nitrogen and oxygen atoms in total. The summed E-state index contributed by atoms with van der Waals surface area (Å²) >= 11 is 0. The van der Waals surface area contributed by atoms with Crippen LogP contribution in [0.5, 0.6) is 0 Å². The molecule has 1 atom stereocenters. The smallest absolute Gasteiger partial charge is 0.217 e. The zero-order valence-electron chi connectivity index (χ0n) is 7.09. The van der Waals surface area contributed by atoms with Crippen molar-refractivity contribution >= 4 is 5.91 Å². The lowest BCUT2D eigenvalue weighted by atomic mass is 10.2. The highest BCUT2D eigenvalue weighted by Crippen LogP contribution is 1.90. The van der Waals surface area contributed by atoms with Gasteiger partial charge in [-0.1, -0.05) is 0 Å². The first kappa shape index (κ1) is 10.4. The van der Waals surface area contributed by atoms with Gasteiger partial charge in [-0.2, -0.15) is 0 Å². The van der Waals surface area contributed by atoms with Gasteiger partial charge < -0.3 is 15.8 Å². The van der Waals surface area contributed by atoms with E-state index in [-0.39, 0.29) is 11.9 Å². The molecule has 0 aromatic rings. The third-order valence-corrected chi connectivity index (χ3v) is 1.29. The molecule has 0 aliphatic heterocycles. The van der Waals surface area contributed by atoms with Crippen LogP contribution in [0.25, 0.3) is 0 Å². The minimum atomic E-state index is -0.0412. The fraction of sp³-hybridized carbons (Fsp3) is 0.857. The van der Waals surface area contributed by atoms with E-state index in [0.29, 0.717) is 13.2 Å². The molecule has 0 spiro atoms. The molecule has 0 bridgehead atoms. The average Bonchev–Trinajstić information content (AvgIpc) is 1.87. The first-order chi connectivity index (χ1) is 5.20. The molecule has 0 saturated heterocycles. The Morgan fingerprint density at radius 3 is 2.73 bits per heavy atom. The van der Waals surface area contributed by atoms with E-state index in [1.807, 2.05) is 0 Å². The number of nitrogens with two attached hydrogens (primary N) is 1. The molecule has 0 rings (SSSR count). The molecule has 11 heavy (non-hydrogen) atoms. The highest BCUT2D eigenvalue weighted by molar-refractivity contribution is 5.73. The molecule has 0 aliphatic rings. The van der Waals surface area contributed by atoms with Crippen LogP contribution in [0, 0.1) is 0 Å². The molecule has 0 heterocycles. The number of methoxy groups -OCH3 is 1. The molecule has 1 amide bonds.